The summed E-state index contributed by atoms with van der Waals surface area (Å²) in [6.07, 6.45) is 4.39. The van der Waals surface area contributed by atoms with E-state index in [1.165, 1.54) is 12.8 Å². The van der Waals surface area contributed by atoms with Crippen LogP contribution in [0.25, 0.3) is 0 Å². The Labute approximate surface area is 72.2 Å². The molecule has 1 aliphatic rings. The minimum Gasteiger partial charge on any atom is -0.351 e. The predicted octanol–water partition coefficient (Wildman–Crippen LogP) is 1.67. The lowest BCUT2D eigenvalue weighted by Crippen LogP contribution is -2.06. The third-order valence-electron chi connectivity index (χ3n) is 2.14. The molecule has 2 rings (SSSR count). The quantitative estimate of drug-likeness (QED) is 0.720. The lowest BCUT2D eigenvalue weighted by Gasteiger charge is -2.03. The summed E-state index contributed by atoms with van der Waals surface area (Å²) in [6, 6.07) is 0.632. The van der Waals surface area contributed by atoms with E-state index in [2.05, 4.69) is 15.3 Å². The molecule has 64 valence electrons. The van der Waals surface area contributed by atoms with Crippen molar-refractivity contribution in [1.29, 1.82) is 0 Å². The van der Waals surface area contributed by atoms with Crippen LogP contribution in [0, 0.1) is 13.8 Å². The Morgan fingerprint density at radius 2 is 2.17 bits per heavy atom. The first-order valence-electron chi connectivity index (χ1n) is 4.32. The van der Waals surface area contributed by atoms with Gasteiger partial charge in [-0.15, -0.1) is 0 Å². The summed E-state index contributed by atoms with van der Waals surface area (Å²) in [6.45, 7) is 4.03. The topological polar surface area (TPSA) is 37.8 Å². The van der Waals surface area contributed by atoms with Gasteiger partial charge in [0, 0.05) is 17.9 Å². The average molecular weight is 163 g/mol. The molecule has 0 bridgehead atoms. The molecule has 3 heteroatoms. The van der Waals surface area contributed by atoms with E-state index < -0.39 is 0 Å². The van der Waals surface area contributed by atoms with Crippen LogP contribution in [0.4, 0.5) is 5.95 Å². The number of aryl methyl sites for hydroxylation is 2. The number of nitrogens with zero attached hydrogens (tertiary/aromatic N) is 2. The number of hydrogen-bond donors (Lipinski definition) is 1. The number of hydrogen-bond acceptors (Lipinski definition) is 3. The Hall–Kier alpha value is -1.12. The van der Waals surface area contributed by atoms with E-state index in [9.17, 15) is 0 Å². The first-order valence-corrected chi connectivity index (χ1v) is 4.32. The summed E-state index contributed by atoms with van der Waals surface area (Å²) in [7, 11) is 0. The van der Waals surface area contributed by atoms with Gasteiger partial charge in [-0.3, -0.25) is 0 Å². The fourth-order valence-electron chi connectivity index (χ4n) is 1.01. The van der Waals surface area contributed by atoms with Crippen molar-refractivity contribution in [3.8, 4) is 0 Å². The molecular weight excluding hydrogens is 150 g/mol. The summed E-state index contributed by atoms with van der Waals surface area (Å²) in [5.41, 5.74) is 2.21. The second-order valence-electron chi connectivity index (χ2n) is 3.38. The van der Waals surface area contributed by atoms with Gasteiger partial charge < -0.3 is 5.32 Å². The zero-order valence-corrected chi connectivity index (χ0v) is 7.46. The van der Waals surface area contributed by atoms with Gasteiger partial charge in [0.05, 0.1) is 0 Å². The van der Waals surface area contributed by atoms with Gasteiger partial charge in [0.15, 0.2) is 0 Å². The monoisotopic (exact) mass is 163 g/mol. The molecule has 3 nitrogen and oxygen atoms in total. The van der Waals surface area contributed by atoms with Crippen LogP contribution in [0.2, 0.25) is 0 Å². The second-order valence-corrected chi connectivity index (χ2v) is 3.38. The van der Waals surface area contributed by atoms with Crippen molar-refractivity contribution in [2.24, 2.45) is 0 Å². The average Bonchev–Trinajstić information content (AvgIpc) is 2.81. The fraction of sp³-hybridized carbons (Fsp3) is 0.556. The van der Waals surface area contributed by atoms with Crippen LogP contribution in [-0.4, -0.2) is 16.0 Å². The Balaban J connectivity index is 2.15. The fourth-order valence-corrected chi connectivity index (χ4v) is 1.01. The van der Waals surface area contributed by atoms with Crippen LogP contribution < -0.4 is 5.32 Å². The Bertz CT molecular complexity index is 292. The summed E-state index contributed by atoms with van der Waals surface area (Å²) in [5, 5.41) is 3.26. The third kappa shape index (κ3) is 1.55. The zero-order valence-electron chi connectivity index (χ0n) is 7.46. The standard InChI is InChI=1S/C9H13N3/c1-6-5-10-9(11-7(6)2)12-8-3-4-8/h5,8H,3-4H2,1-2H3,(H,10,11,12). The first-order chi connectivity index (χ1) is 5.75. The van der Waals surface area contributed by atoms with E-state index in [4.69, 9.17) is 0 Å². The lowest BCUT2D eigenvalue weighted by molar-refractivity contribution is 1.01. The molecule has 1 heterocycles. The predicted molar refractivity (Wildman–Crippen MR) is 48.2 cm³/mol. The van der Waals surface area contributed by atoms with Crippen LogP contribution in [0.1, 0.15) is 24.1 Å². The molecule has 0 saturated heterocycles. The molecule has 12 heavy (non-hydrogen) atoms. The van der Waals surface area contributed by atoms with Gasteiger partial charge in [-0.25, -0.2) is 9.97 Å². The minimum atomic E-state index is 0.632. The molecule has 0 atom stereocenters. The molecule has 0 aromatic carbocycles. The molecule has 0 radical (unpaired) electrons. The Morgan fingerprint density at radius 1 is 1.42 bits per heavy atom. The molecule has 1 N–H and O–H groups in total. The molecule has 0 spiro atoms. The summed E-state index contributed by atoms with van der Waals surface area (Å²) >= 11 is 0. The van der Waals surface area contributed by atoms with Gasteiger partial charge >= 0.3 is 0 Å². The highest BCUT2D eigenvalue weighted by atomic mass is 15.1. The van der Waals surface area contributed by atoms with Crippen LogP contribution in [0.3, 0.4) is 0 Å². The van der Waals surface area contributed by atoms with E-state index in [1.807, 2.05) is 20.0 Å². The van der Waals surface area contributed by atoms with Gasteiger partial charge in [-0.2, -0.15) is 0 Å². The minimum absolute atomic E-state index is 0.632. The molecule has 1 fully saturated rings. The number of nitrogens with one attached hydrogen (secondary N) is 1. The molecular formula is C9H13N3. The molecule has 1 aliphatic carbocycles. The zero-order chi connectivity index (χ0) is 8.55. The van der Waals surface area contributed by atoms with Gasteiger partial charge in [0.25, 0.3) is 0 Å². The summed E-state index contributed by atoms with van der Waals surface area (Å²) < 4.78 is 0. The van der Waals surface area contributed by atoms with E-state index in [1.54, 1.807) is 0 Å². The van der Waals surface area contributed by atoms with Crippen molar-refractivity contribution in [2.45, 2.75) is 32.7 Å². The van der Waals surface area contributed by atoms with Crippen molar-refractivity contribution >= 4 is 5.95 Å². The van der Waals surface area contributed by atoms with Gasteiger partial charge in [-0.05, 0) is 32.3 Å². The smallest absolute Gasteiger partial charge is 0.223 e. The largest absolute Gasteiger partial charge is 0.351 e. The van der Waals surface area contributed by atoms with E-state index in [0.29, 0.717) is 6.04 Å². The molecule has 1 saturated carbocycles. The van der Waals surface area contributed by atoms with Gasteiger partial charge in [0.1, 0.15) is 0 Å². The number of anilines is 1. The van der Waals surface area contributed by atoms with E-state index in [-0.39, 0.29) is 0 Å². The summed E-state index contributed by atoms with van der Waals surface area (Å²) in [4.78, 5) is 8.53. The number of aromatic nitrogens is 2. The third-order valence-corrected chi connectivity index (χ3v) is 2.14. The molecule has 1 aromatic rings. The van der Waals surface area contributed by atoms with E-state index >= 15 is 0 Å². The lowest BCUT2D eigenvalue weighted by atomic mass is 10.3. The highest BCUT2D eigenvalue weighted by Crippen LogP contribution is 2.22. The molecule has 0 aliphatic heterocycles. The molecule has 1 aromatic heterocycles. The normalized spacial score (nSPS) is 16.2. The maximum absolute atomic E-state index is 4.33. The highest BCUT2D eigenvalue weighted by molar-refractivity contribution is 5.31. The van der Waals surface area contributed by atoms with Gasteiger partial charge in [0.2, 0.25) is 5.95 Å². The van der Waals surface area contributed by atoms with Crippen molar-refractivity contribution in [1.82, 2.24) is 9.97 Å². The van der Waals surface area contributed by atoms with Crippen molar-refractivity contribution < 1.29 is 0 Å². The Kier molecular flexibility index (Phi) is 1.71. The van der Waals surface area contributed by atoms with Crippen LogP contribution in [-0.2, 0) is 0 Å². The highest BCUT2D eigenvalue weighted by Gasteiger charge is 2.21. The van der Waals surface area contributed by atoms with Crippen molar-refractivity contribution in [3.05, 3.63) is 17.5 Å². The van der Waals surface area contributed by atoms with Crippen LogP contribution >= 0.6 is 0 Å². The first kappa shape index (κ1) is 7.53. The Morgan fingerprint density at radius 3 is 2.75 bits per heavy atom. The number of rotatable bonds is 2. The molecule has 0 unspecified atom stereocenters. The maximum atomic E-state index is 4.33. The van der Waals surface area contributed by atoms with Crippen LogP contribution in [0.15, 0.2) is 6.20 Å². The maximum Gasteiger partial charge on any atom is 0.223 e. The van der Waals surface area contributed by atoms with E-state index in [0.717, 1.165) is 17.2 Å². The SMILES string of the molecule is Cc1cnc(NC2CC2)nc1C. The second kappa shape index (κ2) is 2.73. The van der Waals surface area contributed by atoms with Crippen molar-refractivity contribution in [3.63, 3.8) is 0 Å². The molecule has 0 amide bonds. The van der Waals surface area contributed by atoms with Crippen LogP contribution in [0.5, 0.6) is 0 Å². The summed E-state index contributed by atoms with van der Waals surface area (Å²) in [5.74, 6) is 0.778. The van der Waals surface area contributed by atoms with Gasteiger partial charge in [-0.1, -0.05) is 0 Å². The van der Waals surface area contributed by atoms with Crippen molar-refractivity contribution in [2.75, 3.05) is 5.32 Å².